The Labute approximate surface area is 134 Å². The molecule has 2 aromatic rings. The van der Waals surface area contributed by atoms with Crippen LogP contribution in [0.5, 0.6) is 0 Å². The lowest BCUT2D eigenvalue weighted by Gasteiger charge is -2.21. The van der Waals surface area contributed by atoms with E-state index in [0.717, 1.165) is 24.2 Å². The maximum atomic E-state index is 11.5. The van der Waals surface area contributed by atoms with Gasteiger partial charge in [-0.3, -0.25) is 4.90 Å². The van der Waals surface area contributed by atoms with E-state index >= 15 is 0 Å². The van der Waals surface area contributed by atoms with Crippen LogP contribution in [-0.2, 0) is 17.7 Å². The zero-order valence-corrected chi connectivity index (χ0v) is 13.3. The molecule has 23 heavy (non-hydrogen) atoms. The largest absolute Gasteiger partial charge is 0.464 e. The first kappa shape index (κ1) is 16.8. The first-order valence-electron chi connectivity index (χ1n) is 7.23. The van der Waals surface area contributed by atoms with Crippen LogP contribution < -0.4 is 0 Å². The fourth-order valence-electron chi connectivity index (χ4n) is 2.17. The number of aromatic nitrogens is 5. The number of pyridine rings is 1. The molecule has 2 aromatic heterocycles. The molecule has 8 heteroatoms. The summed E-state index contributed by atoms with van der Waals surface area (Å²) < 4.78 is 4.68. The van der Waals surface area contributed by atoms with E-state index in [0.29, 0.717) is 24.5 Å². The smallest absolute Gasteiger partial charge is 0.356 e. The highest BCUT2D eigenvalue weighted by Gasteiger charge is 2.12. The van der Waals surface area contributed by atoms with E-state index in [1.807, 2.05) is 13.0 Å². The summed E-state index contributed by atoms with van der Waals surface area (Å²) in [4.78, 5) is 17.9. The van der Waals surface area contributed by atoms with Gasteiger partial charge < -0.3 is 4.74 Å². The topological polar surface area (TPSA) is 96.9 Å². The minimum atomic E-state index is -0.431. The Morgan fingerprint density at radius 3 is 2.96 bits per heavy atom. The van der Waals surface area contributed by atoms with Crippen molar-refractivity contribution in [1.29, 1.82) is 0 Å². The van der Waals surface area contributed by atoms with Crippen molar-refractivity contribution in [2.45, 2.75) is 19.9 Å². The van der Waals surface area contributed by atoms with Crippen molar-refractivity contribution in [3.8, 4) is 0 Å². The van der Waals surface area contributed by atoms with Gasteiger partial charge in [-0.2, -0.15) is 5.21 Å². The van der Waals surface area contributed by atoms with Gasteiger partial charge in [0.15, 0.2) is 5.82 Å². The second-order valence-electron chi connectivity index (χ2n) is 5.09. The van der Waals surface area contributed by atoms with E-state index in [4.69, 9.17) is 0 Å². The molecule has 2 heterocycles. The maximum absolute atomic E-state index is 11.5. The van der Waals surface area contributed by atoms with Crippen LogP contribution in [0.15, 0.2) is 24.9 Å². The van der Waals surface area contributed by atoms with Gasteiger partial charge in [-0.05, 0) is 24.1 Å². The molecule has 0 atom stereocenters. The van der Waals surface area contributed by atoms with Crippen molar-refractivity contribution < 1.29 is 9.53 Å². The van der Waals surface area contributed by atoms with Crippen molar-refractivity contribution in [3.05, 3.63) is 47.6 Å². The fourth-order valence-corrected chi connectivity index (χ4v) is 2.17. The lowest BCUT2D eigenvalue weighted by atomic mass is 10.1. The molecule has 0 saturated heterocycles. The van der Waals surface area contributed by atoms with Gasteiger partial charge in [0.2, 0.25) is 0 Å². The van der Waals surface area contributed by atoms with Gasteiger partial charge in [0, 0.05) is 32.3 Å². The summed E-state index contributed by atoms with van der Waals surface area (Å²) >= 11 is 0. The molecular weight excluding hydrogens is 296 g/mol. The number of nitrogens with one attached hydrogen (secondary N) is 1. The Balaban J connectivity index is 2.03. The van der Waals surface area contributed by atoms with E-state index in [2.05, 4.69) is 41.8 Å². The van der Waals surface area contributed by atoms with Crippen molar-refractivity contribution in [2.24, 2.45) is 0 Å². The molecule has 0 saturated carbocycles. The Bertz CT molecular complexity index is 656. The zero-order chi connectivity index (χ0) is 16.7. The molecule has 0 amide bonds. The summed E-state index contributed by atoms with van der Waals surface area (Å²) in [6, 6.07) is 1.74. The number of methoxy groups -OCH3 is 1. The third-order valence-corrected chi connectivity index (χ3v) is 3.44. The lowest BCUT2D eigenvalue weighted by molar-refractivity contribution is 0.0594. The van der Waals surface area contributed by atoms with Crippen LogP contribution in [-0.4, -0.2) is 56.7 Å². The van der Waals surface area contributed by atoms with Gasteiger partial charge in [0.1, 0.15) is 5.69 Å². The monoisotopic (exact) mass is 316 g/mol. The van der Waals surface area contributed by atoms with Crippen LogP contribution in [0.3, 0.4) is 0 Å². The van der Waals surface area contributed by atoms with Crippen molar-refractivity contribution >= 4 is 5.97 Å². The highest BCUT2D eigenvalue weighted by atomic mass is 16.5. The van der Waals surface area contributed by atoms with Crippen LogP contribution in [0.25, 0.3) is 0 Å². The second-order valence-corrected chi connectivity index (χ2v) is 5.09. The normalized spacial score (nSPS) is 10.7. The predicted octanol–water partition coefficient (Wildman–Crippen LogP) is 0.920. The molecule has 0 aliphatic heterocycles. The average molecular weight is 316 g/mol. The SMILES string of the molecule is C=CCN(CCc1nn[nH]n1)Cc1cnc(C(=O)OC)cc1C. The molecule has 2 rings (SSSR count). The van der Waals surface area contributed by atoms with Gasteiger partial charge in [0.25, 0.3) is 0 Å². The van der Waals surface area contributed by atoms with Crippen LogP contribution in [0.2, 0.25) is 0 Å². The lowest BCUT2D eigenvalue weighted by Crippen LogP contribution is -2.26. The molecule has 8 nitrogen and oxygen atoms in total. The highest BCUT2D eigenvalue weighted by Crippen LogP contribution is 2.12. The standard InChI is InChI=1S/C15H20N6O2/c1-4-6-21(7-5-14-17-19-20-18-14)10-12-9-16-13(8-11(12)2)15(22)23-3/h4,8-9H,1,5-7,10H2,2-3H3,(H,17,18,19,20). The first-order valence-corrected chi connectivity index (χ1v) is 7.23. The molecular formula is C15H20N6O2. The van der Waals surface area contributed by atoms with Crippen LogP contribution in [0.4, 0.5) is 0 Å². The van der Waals surface area contributed by atoms with Crippen LogP contribution in [0, 0.1) is 6.92 Å². The molecule has 0 aromatic carbocycles. The molecule has 1 N–H and O–H groups in total. The van der Waals surface area contributed by atoms with E-state index in [9.17, 15) is 4.79 Å². The molecule has 0 fully saturated rings. The third-order valence-electron chi connectivity index (χ3n) is 3.44. The number of H-pyrrole nitrogens is 1. The first-order chi connectivity index (χ1) is 11.1. The number of esters is 1. The van der Waals surface area contributed by atoms with E-state index in [1.165, 1.54) is 7.11 Å². The van der Waals surface area contributed by atoms with E-state index in [1.54, 1.807) is 12.3 Å². The molecule has 122 valence electrons. The highest BCUT2D eigenvalue weighted by molar-refractivity contribution is 5.87. The summed E-state index contributed by atoms with van der Waals surface area (Å²) in [7, 11) is 1.34. The van der Waals surface area contributed by atoms with Gasteiger partial charge >= 0.3 is 5.97 Å². The number of carbonyl (C=O) groups is 1. The summed E-state index contributed by atoms with van der Waals surface area (Å²) in [5.74, 6) is 0.245. The third kappa shape index (κ3) is 4.68. The quantitative estimate of drug-likeness (QED) is 0.571. The molecule has 0 unspecified atom stereocenters. The minimum Gasteiger partial charge on any atom is -0.464 e. The van der Waals surface area contributed by atoms with Crippen molar-refractivity contribution in [1.82, 2.24) is 30.5 Å². The number of aromatic amines is 1. The van der Waals surface area contributed by atoms with Gasteiger partial charge in [-0.15, -0.1) is 16.8 Å². The fraction of sp³-hybridized carbons (Fsp3) is 0.400. The van der Waals surface area contributed by atoms with E-state index in [-0.39, 0.29) is 0 Å². The summed E-state index contributed by atoms with van der Waals surface area (Å²) in [5.41, 5.74) is 2.36. The van der Waals surface area contributed by atoms with Crippen LogP contribution in [0.1, 0.15) is 27.4 Å². The molecule has 0 bridgehead atoms. The summed E-state index contributed by atoms with van der Waals surface area (Å²) in [6.45, 7) is 7.94. The maximum Gasteiger partial charge on any atom is 0.356 e. The van der Waals surface area contributed by atoms with Crippen molar-refractivity contribution in [3.63, 3.8) is 0 Å². The Morgan fingerprint density at radius 1 is 1.52 bits per heavy atom. The second kappa shape index (κ2) is 8.14. The van der Waals surface area contributed by atoms with Gasteiger partial charge in [-0.1, -0.05) is 11.3 Å². The number of rotatable bonds is 8. The summed E-state index contributed by atoms with van der Waals surface area (Å²) in [5, 5.41) is 13.9. The van der Waals surface area contributed by atoms with E-state index < -0.39 is 5.97 Å². The average Bonchev–Trinajstić information content (AvgIpc) is 3.07. The molecule has 0 spiro atoms. The number of aryl methyl sites for hydroxylation is 1. The van der Waals surface area contributed by atoms with Crippen LogP contribution >= 0.6 is 0 Å². The molecule has 0 aliphatic carbocycles. The Hall–Kier alpha value is -2.61. The number of tetrazole rings is 1. The predicted molar refractivity (Wildman–Crippen MR) is 83.7 cm³/mol. The Morgan fingerprint density at radius 2 is 2.35 bits per heavy atom. The number of nitrogens with zero attached hydrogens (tertiary/aromatic N) is 5. The van der Waals surface area contributed by atoms with Gasteiger partial charge in [-0.25, -0.2) is 9.78 Å². The molecule has 0 aliphatic rings. The number of ether oxygens (including phenoxy) is 1. The Kier molecular flexibility index (Phi) is 5.93. The molecule has 0 radical (unpaired) electrons. The van der Waals surface area contributed by atoms with Gasteiger partial charge in [0.05, 0.1) is 7.11 Å². The minimum absolute atomic E-state index is 0.316. The number of hydrogen-bond acceptors (Lipinski definition) is 7. The number of hydrogen-bond donors (Lipinski definition) is 1. The zero-order valence-electron chi connectivity index (χ0n) is 13.3. The summed E-state index contributed by atoms with van der Waals surface area (Å²) in [6.07, 6.45) is 4.25. The van der Waals surface area contributed by atoms with Crippen molar-refractivity contribution in [2.75, 3.05) is 20.2 Å². The number of carbonyl (C=O) groups excluding carboxylic acids is 1.